The van der Waals surface area contributed by atoms with Crippen LogP contribution in [0, 0.1) is 0 Å². The second kappa shape index (κ2) is 6.41. The molecule has 0 aliphatic rings. The number of carboxylic acid groups (broad SMARTS) is 1. The smallest absolute Gasteiger partial charge is 0.305 e. The van der Waals surface area contributed by atoms with E-state index in [1.165, 1.54) is 0 Å². The molecule has 0 aliphatic carbocycles. The van der Waals surface area contributed by atoms with Gasteiger partial charge in [0.25, 0.3) is 5.91 Å². The highest BCUT2D eigenvalue weighted by atomic mass is 16.4. The van der Waals surface area contributed by atoms with Crippen LogP contribution in [-0.2, 0) is 4.79 Å². The van der Waals surface area contributed by atoms with Gasteiger partial charge in [0, 0.05) is 24.8 Å². The summed E-state index contributed by atoms with van der Waals surface area (Å²) in [5.41, 5.74) is 0.606. The molecule has 0 fully saturated rings. The maximum absolute atomic E-state index is 12.5. The second-order valence-corrected chi connectivity index (χ2v) is 4.93. The normalized spacial score (nSPS) is 12.5. The van der Waals surface area contributed by atoms with E-state index in [1.54, 1.807) is 17.9 Å². The minimum Gasteiger partial charge on any atom is -0.481 e. The van der Waals surface area contributed by atoms with E-state index in [-0.39, 0.29) is 24.4 Å². The zero-order chi connectivity index (χ0) is 14.6. The molecule has 0 radical (unpaired) electrons. The van der Waals surface area contributed by atoms with Crippen LogP contribution >= 0.6 is 0 Å². The van der Waals surface area contributed by atoms with Crippen LogP contribution in [0.25, 0.3) is 0 Å². The summed E-state index contributed by atoms with van der Waals surface area (Å²) in [6.07, 6.45) is 1.83. The zero-order valence-corrected chi connectivity index (χ0v) is 12.0. The molecule has 0 saturated carbocycles. The number of carbonyl (C=O) groups is 2. The fraction of sp³-hybridized carbons (Fsp3) is 0.571. The molecule has 1 atom stereocenters. The molecular formula is C14H22N2O3. The topological polar surface area (TPSA) is 62.5 Å². The van der Waals surface area contributed by atoms with Crippen molar-refractivity contribution in [1.82, 2.24) is 9.47 Å². The number of hydrogen-bond acceptors (Lipinski definition) is 2. The lowest BCUT2D eigenvalue weighted by Gasteiger charge is -2.28. The minimum absolute atomic E-state index is 0.0397. The van der Waals surface area contributed by atoms with Crippen molar-refractivity contribution >= 4 is 11.9 Å². The van der Waals surface area contributed by atoms with E-state index in [0.29, 0.717) is 12.2 Å². The first-order valence-corrected chi connectivity index (χ1v) is 6.58. The van der Waals surface area contributed by atoms with Crippen molar-refractivity contribution < 1.29 is 14.7 Å². The Labute approximate surface area is 113 Å². The number of aromatic nitrogens is 1. The minimum atomic E-state index is -0.891. The van der Waals surface area contributed by atoms with E-state index < -0.39 is 5.97 Å². The number of nitrogens with zero attached hydrogens (tertiary/aromatic N) is 2. The van der Waals surface area contributed by atoms with E-state index in [0.717, 1.165) is 0 Å². The summed E-state index contributed by atoms with van der Waals surface area (Å²) in [5.74, 6) is -1.01. The van der Waals surface area contributed by atoms with Gasteiger partial charge in [-0.1, -0.05) is 0 Å². The summed E-state index contributed by atoms with van der Waals surface area (Å²) < 4.78 is 1.90. The van der Waals surface area contributed by atoms with Gasteiger partial charge in [0.05, 0.1) is 6.42 Å². The Bertz CT molecular complexity index is 451. The molecule has 0 bridgehead atoms. The van der Waals surface area contributed by atoms with E-state index in [1.807, 2.05) is 37.6 Å². The molecule has 0 saturated heterocycles. The number of amides is 1. The summed E-state index contributed by atoms with van der Waals surface area (Å²) in [6, 6.07) is 3.49. The van der Waals surface area contributed by atoms with Gasteiger partial charge in [-0.2, -0.15) is 0 Å². The van der Waals surface area contributed by atoms with Crippen molar-refractivity contribution in [2.75, 3.05) is 6.54 Å². The standard InChI is InChI=1S/C14H22N2O3/c1-5-15(11(4)9-13(17)18)14(19)12-7-6-8-16(12)10(2)3/h6-8,10-11H,5,9H2,1-4H3,(H,17,18). The average molecular weight is 266 g/mol. The third-order valence-electron chi connectivity index (χ3n) is 3.16. The van der Waals surface area contributed by atoms with E-state index in [4.69, 9.17) is 5.11 Å². The van der Waals surface area contributed by atoms with Crippen molar-refractivity contribution in [1.29, 1.82) is 0 Å². The molecule has 0 aromatic carbocycles. The lowest BCUT2D eigenvalue weighted by molar-refractivity contribution is -0.138. The van der Waals surface area contributed by atoms with Crippen molar-refractivity contribution in [2.45, 2.75) is 46.2 Å². The lowest BCUT2D eigenvalue weighted by atomic mass is 10.2. The van der Waals surface area contributed by atoms with Gasteiger partial charge in [0.1, 0.15) is 5.69 Å². The summed E-state index contributed by atoms with van der Waals surface area (Å²) in [7, 11) is 0. The number of carboxylic acids is 1. The number of aliphatic carboxylic acids is 1. The van der Waals surface area contributed by atoms with E-state index >= 15 is 0 Å². The van der Waals surface area contributed by atoms with Gasteiger partial charge in [-0.3, -0.25) is 9.59 Å². The third-order valence-corrected chi connectivity index (χ3v) is 3.16. The second-order valence-electron chi connectivity index (χ2n) is 4.93. The molecule has 1 amide bonds. The Morgan fingerprint density at radius 1 is 1.37 bits per heavy atom. The van der Waals surface area contributed by atoms with Gasteiger partial charge in [-0.25, -0.2) is 0 Å². The molecule has 1 heterocycles. The summed E-state index contributed by atoms with van der Waals surface area (Å²) >= 11 is 0. The molecule has 1 aromatic heterocycles. The van der Waals surface area contributed by atoms with Crippen LogP contribution in [0.4, 0.5) is 0 Å². The summed E-state index contributed by atoms with van der Waals surface area (Å²) in [4.78, 5) is 24.9. The Balaban J connectivity index is 2.95. The predicted octanol–water partition coefficient (Wildman–Crippen LogP) is 2.39. The molecule has 5 nitrogen and oxygen atoms in total. The molecule has 1 aromatic rings. The Morgan fingerprint density at radius 2 is 2.00 bits per heavy atom. The van der Waals surface area contributed by atoms with E-state index in [9.17, 15) is 9.59 Å². The quantitative estimate of drug-likeness (QED) is 0.860. The van der Waals surface area contributed by atoms with Crippen LogP contribution in [0.5, 0.6) is 0 Å². The maximum Gasteiger partial charge on any atom is 0.305 e. The molecular weight excluding hydrogens is 244 g/mol. The van der Waals surface area contributed by atoms with Gasteiger partial charge in [-0.05, 0) is 39.8 Å². The fourth-order valence-electron chi connectivity index (χ4n) is 2.19. The van der Waals surface area contributed by atoms with Crippen LogP contribution < -0.4 is 0 Å². The van der Waals surface area contributed by atoms with Crippen molar-refractivity contribution in [3.63, 3.8) is 0 Å². The van der Waals surface area contributed by atoms with Crippen LogP contribution in [0.15, 0.2) is 18.3 Å². The van der Waals surface area contributed by atoms with Gasteiger partial charge < -0.3 is 14.6 Å². The third kappa shape index (κ3) is 3.59. The van der Waals surface area contributed by atoms with E-state index in [2.05, 4.69) is 0 Å². The first-order valence-electron chi connectivity index (χ1n) is 6.58. The average Bonchev–Trinajstić information content (AvgIpc) is 2.77. The molecule has 0 spiro atoms. The molecule has 106 valence electrons. The fourth-order valence-corrected chi connectivity index (χ4v) is 2.19. The van der Waals surface area contributed by atoms with Crippen LogP contribution in [0.2, 0.25) is 0 Å². The van der Waals surface area contributed by atoms with Crippen molar-refractivity contribution in [2.24, 2.45) is 0 Å². The number of rotatable bonds is 6. The first-order chi connectivity index (χ1) is 8.88. The number of hydrogen-bond donors (Lipinski definition) is 1. The summed E-state index contributed by atoms with van der Waals surface area (Å²) in [5, 5.41) is 8.84. The molecule has 5 heteroatoms. The van der Waals surface area contributed by atoms with Crippen molar-refractivity contribution in [3.8, 4) is 0 Å². The summed E-state index contributed by atoms with van der Waals surface area (Å²) in [6.45, 7) is 8.13. The highest BCUT2D eigenvalue weighted by Crippen LogP contribution is 2.15. The SMILES string of the molecule is CCN(C(=O)c1cccn1C(C)C)C(C)CC(=O)O. The molecule has 19 heavy (non-hydrogen) atoms. The highest BCUT2D eigenvalue weighted by molar-refractivity contribution is 5.93. The monoisotopic (exact) mass is 266 g/mol. The van der Waals surface area contributed by atoms with Crippen molar-refractivity contribution in [3.05, 3.63) is 24.0 Å². The number of carbonyl (C=O) groups excluding carboxylic acids is 1. The molecule has 1 rings (SSSR count). The van der Waals surface area contributed by atoms with Gasteiger partial charge >= 0.3 is 5.97 Å². The Kier molecular flexibility index (Phi) is 5.15. The van der Waals surface area contributed by atoms with Gasteiger partial charge in [0.2, 0.25) is 0 Å². The zero-order valence-electron chi connectivity index (χ0n) is 12.0. The lowest BCUT2D eigenvalue weighted by Crippen LogP contribution is -2.40. The maximum atomic E-state index is 12.5. The molecule has 0 aliphatic heterocycles. The van der Waals surface area contributed by atoms with Crippen LogP contribution in [0.3, 0.4) is 0 Å². The highest BCUT2D eigenvalue weighted by Gasteiger charge is 2.24. The molecule has 1 N–H and O–H groups in total. The first kappa shape index (κ1) is 15.3. The predicted molar refractivity (Wildman–Crippen MR) is 73.2 cm³/mol. The largest absolute Gasteiger partial charge is 0.481 e. The Hall–Kier alpha value is -1.78. The molecule has 1 unspecified atom stereocenters. The Morgan fingerprint density at radius 3 is 2.47 bits per heavy atom. The van der Waals surface area contributed by atoms with Crippen LogP contribution in [-0.4, -0.2) is 39.0 Å². The van der Waals surface area contributed by atoms with Gasteiger partial charge in [0.15, 0.2) is 0 Å². The van der Waals surface area contributed by atoms with Crippen LogP contribution in [0.1, 0.15) is 50.6 Å². The van der Waals surface area contributed by atoms with Gasteiger partial charge in [-0.15, -0.1) is 0 Å².